The molecule has 4 nitrogen and oxygen atoms in total. The Hall–Kier alpha value is -1.26. The van der Waals surface area contributed by atoms with Crippen LogP contribution in [0.4, 0.5) is 0 Å². The number of ether oxygens (including phenoxy) is 1. The molecular formula is C13H15Cl2NO3. The number of halogens is 2. The first-order chi connectivity index (χ1) is 8.86. The van der Waals surface area contributed by atoms with E-state index in [-0.39, 0.29) is 16.5 Å². The third kappa shape index (κ3) is 4.11. The third-order valence-corrected chi connectivity index (χ3v) is 3.13. The summed E-state index contributed by atoms with van der Waals surface area (Å²) in [6.45, 7) is 3.62. The fourth-order valence-corrected chi connectivity index (χ4v) is 2.01. The van der Waals surface area contributed by atoms with Crippen LogP contribution in [0.3, 0.4) is 0 Å². The lowest BCUT2D eigenvalue weighted by atomic mass is 10.0. The van der Waals surface area contributed by atoms with E-state index in [1.54, 1.807) is 6.07 Å². The Kier molecular flexibility index (Phi) is 5.63. The van der Waals surface area contributed by atoms with Gasteiger partial charge in [0.15, 0.2) is 0 Å². The van der Waals surface area contributed by atoms with Crippen molar-refractivity contribution in [3.8, 4) is 0 Å². The quantitative estimate of drug-likeness (QED) is 0.870. The Balaban J connectivity index is 2.91. The van der Waals surface area contributed by atoms with Gasteiger partial charge >= 0.3 is 5.97 Å². The normalized spacial score (nSPS) is 12.1. The highest BCUT2D eigenvalue weighted by molar-refractivity contribution is 6.36. The van der Waals surface area contributed by atoms with Gasteiger partial charge in [-0.15, -0.1) is 0 Å². The maximum absolute atomic E-state index is 12.1. The van der Waals surface area contributed by atoms with Crippen LogP contribution in [0.5, 0.6) is 0 Å². The van der Waals surface area contributed by atoms with E-state index < -0.39 is 17.9 Å². The molecule has 0 bridgehead atoms. The fourth-order valence-electron chi connectivity index (χ4n) is 1.52. The summed E-state index contributed by atoms with van der Waals surface area (Å²) in [6, 6.07) is 3.82. The van der Waals surface area contributed by atoms with Crippen LogP contribution in [-0.2, 0) is 9.53 Å². The molecule has 0 aromatic heterocycles. The maximum Gasteiger partial charge on any atom is 0.328 e. The van der Waals surface area contributed by atoms with Gasteiger partial charge in [-0.05, 0) is 24.1 Å². The van der Waals surface area contributed by atoms with Gasteiger partial charge in [0.25, 0.3) is 5.91 Å². The van der Waals surface area contributed by atoms with Gasteiger partial charge in [0.1, 0.15) is 6.04 Å². The molecule has 0 aliphatic heterocycles. The van der Waals surface area contributed by atoms with Crippen molar-refractivity contribution in [3.05, 3.63) is 33.8 Å². The summed E-state index contributed by atoms with van der Waals surface area (Å²) >= 11 is 11.7. The topological polar surface area (TPSA) is 55.4 Å². The summed E-state index contributed by atoms with van der Waals surface area (Å²) in [5.74, 6) is -1.03. The second-order valence-electron chi connectivity index (χ2n) is 4.34. The van der Waals surface area contributed by atoms with Gasteiger partial charge in [0.05, 0.1) is 17.7 Å². The van der Waals surface area contributed by atoms with Gasteiger partial charge in [-0.2, -0.15) is 0 Å². The van der Waals surface area contributed by atoms with Crippen molar-refractivity contribution in [1.29, 1.82) is 0 Å². The molecule has 1 N–H and O–H groups in total. The lowest BCUT2D eigenvalue weighted by molar-refractivity contribution is -0.144. The summed E-state index contributed by atoms with van der Waals surface area (Å²) in [4.78, 5) is 23.6. The number of benzene rings is 1. The van der Waals surface area contributed by atoms with E-state index in [9.17, 15) is 9.59 Å². The van der Waals surface area contributed by atoms with Crippen molar-refractivity contribution in [2.45, 2.75) is 19.9 Å². The van der Waals surface area contributed by atoms with Crippen LogP contribution in [0.2, 0.25) is 10.0 Å². The Bertz CT molecular complexity index is 489. The summed E-state index contributed by atoms with van der Waals surface area (Å²) in [7, 11) is 1.28. The minimum atomic E-state index is -0.718. The predicted molar refractivity (Wildman–Crippen MR) is 74.6 cm³/mol. The van der Waals surface area contributed by atoms with Gasteiger partial charge in [-0.3, -0.25) is 4.79 Å². The molecule has 0 aliphatic carbocycles. The summed E-state index contributed by atoms with van der Waals surface area (Å²) in [5, 5.41) is 3.28. The van der Waals surface area contributed by atoms with Crippen molar-refractivity contribution < 1.29 is 14.3 Å². The van der Waals surface area contributed by atoms with Crippen LogP contribution >= 0.6 is 23.2 Å². The van der Waals surface area contributed by atoms with Gasteiger partial charge in [-0.1, -0.05) is 37.0 Å². The number of carbonyl (C=O) groups is 2. The molecule has 1 aromatic rings. The molecular weight excluding hydrogens is 289 g/mol. The molecule has 0 radical (unpaired) electrons. The van der Waals surface area contributed by atoms with Crippen LogP contribution in [0, 0.1) is 5.92 Å². The van der Waals surface area contributed by atoms with E-state index in [1.807, 2.05) is 13.8 Å². The fraction of sp³-hybridized carbons (Fsp3) is 0.385. The predicted octanol–water partition coefficient (Wildman–Crippen LogP) is 2.92. The average molecular weight is 304 g/mol. The third-order valence-electron chi connectivity index (χ3n) is 2.58. The lowest BCUT2D eigenvalue weighted by Crippen LogP contribution is -2.45. The number of hydrogen-bond acceptors (Lipinski definition) is 3. The average Bonchev–Trinajstić information content (AvgIpc) is 2.34. The molecule has 1 unspecified atom stereocenters. The van der Waals surface area contributed by atoms with Gasteiger partial charge in [0, 0.05) is 5.02 Å². The standard InChI is InChI=1S/C13H15Cl2NO3/c1-7(2)11(13(18)19-3)16-12(17)9-5-4-8(14)6-10(9)15/h4-7,11H,1-3H3,(H,16,17). The number of carbonyl (C=O) groups excluding carboxylic acids is 2. The van der Waals surface area contributed by atoms with Crippen LogP contribution < -0.4 is 5.32 Å². The first kappa shape index (κ1) is 15.8. The highest BCUT2D eigenvalue weighted by atomic mass is 35.5. The Morgan fingerprint density at radius 1 is 1.26 bits per heavy atom. The molecule has 0 heterocycles. The van der Waals surface area contributed by atoms with E-state index >= 15 is 0 Å². The van der Waals surface area contributed by atoms with Gasteiger partial charge in [-0.25, -0.2) is 4.79 Å². The van der Waals surface area contributed by atoms with Crippen LogP contribution in [0.25, 0.3) is 0 Å². The Labute approximate surface area is 122 Å². The molecule has 0 aliphatic rings. The van der Waals surface area contributed by atoms with E-state index in [0.717, 1.165) is 0 Å². The molecule has 0 fully saturated rings. The van der Waals surface area contributed by atoms with Crippen molar-refractivity contribution in [2.75, 3.05) is 7.11 Å². The summed E-state index contributed by atoms with van der Waals surface area (Å²) in [5.41, 5.74) is 0.264. The number of nitrogens with one attached hydrogen (secondary N) is 1. The molecule has 0 saturated heterocycles. The zero-order valence-corrected chi connectivity index (χ0v) is 12.4. The lowest BCUT2D eigenvalue weighted by Gasteiger charge is -2.20. The molecule has 0 spiro atoms. The molecule has 0 saturated carbocycles. The number of rotatable bonds is 4. The summed E-state index contributed by atoms with van der Waals surface area (Å²) in [6.07, 6.45) is 0. The van der Waals surface area contributed by atoms with Crippen LogP contribution in [0.15, 0.2) is 18.2 Å². The van der Waals surface area contributed by atoms with E-state index in [1.165, 1.54) is 19.2 Å². The van der Waals surface area contributed by atoms with Crippen molar-refractivity contribution >= 4 is 35.1 Å². The van der Waals surface area contributed by atoms with Crippen LogP contribution in [-0.4, -0.2) is 25.0 Å². The highest BCUT2D eigenvalue weighted by Gasteiger charge is 2.26. The molecule has 1 rings (SSSR count). The molecule has 1 amide bonds. The first-order valence-corrected chi connectivity index (χ1v) is 6.46. The number of hydrogen-bond donors (Lipinski definition) is 1. The Morgan fingerprint density at radius 2 is 1.89 bits per heavy atom. The number of methoxy groups -OCH3 is 1. The maximum atomic E-state index is 12.1. The number of amides is 1. The largest absolute Gasteiger partial charge is 0.467 e. The van der Waals surface area contributed by atoms with Crippen molar-refractivity contribution in [1.82, 2.24) is 5.32 Å². The Morgan fingerprint density at radius 3 is 2.37 bits per heavy atom. The van der Waals surface area contributed by atoms with E-state index in [0.29, 0.717) is 5.02 Å². The minimum absolute atomic E-state index is 0.0949. The summed E-state index contributed by atoms with van der Waals surface area (Å²) < 4.78 is 4.65. The zero-order chi connectivity index (χ0) is 14.6. The molecule has 19 heavy (non-hydrogen) atoms. The van der Waals surface area contributed by atoms with Crippen LogP contribution in [0.1, 0.15) is 24.2 Å². The smallest absolute Gasteiger partial charge is 0.328 e. The van der Waals surface area contributed by atoms with Gasteiger partial charge < -0.3 is 10.1 Å². The second kappa shape index (κ2) is 6.78. The molecule has 6 heteroatoms. The zero-order valence-electron chi connectivity index (χ0n) is 10.9. The van der Waals surface area contributed by atoms with Crippen molar-refractivity contribution in [2.24, 2.45) is 5.92 Å². The molecule has 104 valence electrons. The van der Waals surface area contributed by atoms with Gasteiger partial charge in [0.2, 0.25) is 0 Å². The minimum Gasteiger partial charge on any atom is -0.467 e. The monoisotopic (exact) mass is 303 g/mol. The first-order valence-electron chi connectivity index (χ1n) is 5.70. The highest BCUT2D eigenvalue weighted by Crippen LogP contribution is 2.21. The molecule has 1 atom stereocenters. The number of esters is 1. The van der Waals surface area contributed by atoms with E-state index in [2.05, 4.69) is 10.1 Å². The van der Waals surface area contributed by atoms with Crippen molar-refractivity contribution in [3.63, 3.8) is 0 Å². The second-order valence-corrected chi connectivity index (χ2v) is 5.19. The SMILES string of the molecule is COC(=O)C(NC(=O)c1ccc(Cl)cc1Cl)C(C)C. The van der Waals surface area contributed by atoms with E-state index in [4.69, 9.17) is 23.2 Å². The molecule has 1 aromatic carbocycles.